The van der Waals surface area contributed by atoms with Crippen LogP contribution in [0, 0.1) is 0 Å². The fourth-order valence-corrected chi connectivity index (χ4v) is 0. The van der Waals surface area contributed by atoms with Gasteiger partial charge in [0.25, 0.3) is 0 Å². The van der Waals surface area contributed by atoms with E-state index in [1.165, 1.54) is 0 Å². The zero-order chi connectivity index (χ0) is 4.50. The molecule has 0 saturated carbocycles. The molecule has 14 heteroatoms. The second-order valence-electron chi connectivity index (χ2n) is 0.447. The van der Waals surface area contributed by atoms with E-state index in [-0.39, 0.29) is 98.9 Å². The van der Waals surface area contributed by atoms with E-state index in [0.717, 1.165) is 0 Å². The standard InChI is InChI=1S/2Na.H3O4P.7H2O/c;;1-5(2,3)4;;;;;;;/h;;(H3,1,2,3,4);7*1H2/q2*+1;;;;;;;;/p-2. The molecule has 0 aliphatic rings. The molecule has 0 aliphatic heterocycles. The van der Waals surface area contributed by atoms with E-state index >= 15 is 0 Å². The molecule has 0 spiro atoms. The number of phosphoric acid groups is 1. The first-order valence-corrected chi connectivity index (χ1v) is 2.19. The van der Waals surface area contributed by atoms with E-state index in [9.17, 15) is 0 Å². The molecule has 0 aromatic rings. The van der Waals surface area contributed by atoms with Gasteiger partial charge in [0, 0.05) is 0 Å². The van der Waals surface area contributed by atoms with Crippen molar-refractivity contribution in [3.63, 3.8) is 0 Å². The van der Waals surface area contributed by atoms with Crippen molar-refractivity contribution < 1.29 is 118 Å². The fourth-order valence-electron chi connectivity index (χ4n) is 0. The molecule has 0 aliphatic carbocycles. The van der Waals surface area contributed by atoms with Gasteiger partial charge in [-0.05, 0) is 0 Å². The van der Waals surface area contributed by atoms with Crippen molar-refractivity contribution in [3.8, 4) is 0 Å². The predicted molar refractivity (Wildman–Crippen MR) is 34.0 cm³/mol. The second-order valence-corrected chi connectivity index (χ2v) is 1.34. The molecule has 11 nitrogen and oxygen atoms in total. The van der Waals surface area contributed by atoms with E-state index < -0.39 is 7.82 Å². The Balaban J connectivity index is -0.00000000178. The van der Waals surface area contributed by atoms with E-state index in [2.05, 4.69) is 0 Å². The summed E-state index contributed by atoms with van der Waals surface area (Å²) in [5, 5.41) is 0. The Labute approximate surface area is 125 Å². The van der Waals surface area contributed by atoms with Gasteiger partial charge >= 0.3 is 60.5 Å². The van der Waals surface area contributed by atoms with Gasteiger partial charge < -0.3 is 57.6 Å². The van der Waals surface area contributed by atoms with Crippen LogP contribution in [0.2, 0.25) is 0 Å². The van der Waals surface area contributed by atoms with E-state index in [0.29, 0.717) is 0 Å². The van der Waals surface area contributed by atoms with Gasteiger partial charge in [0.1, 0.15) is 0 Å². The molecular formula is H15Na2O11P. The molecule has 0 aromatic heterocycles. The first kappa shape index (κ1) is 102. The first-order chi connectivity index (χ1) is 2.00. The molecule has 0 bridgehead atoms. The number of hydrogen-bond donors (Lipinski definition) is 0. The van der Waals surface area contributed by atoms with E-state index in [4.69, 9.17) is 19.2 Å². The maximum atomic E-state index is 8.55. The van der Waals surface area contributed by atoms with Crippen molar-refractivity contribution in [2.45, 2.75) is 0 Å². The summed E-state index contributed by atoms with van der Waals surface area (Å²) in [5.74, 6) is 0. The third-order valence-electron chi connectivity index (χ3n) is 0. The SMILES string of the molecule is O.O.O.O.O.O.O.O=P([O-])([O-])[O-].[H+].[Na+].[Na+]. The second kappa shape index (κ2) is 46.3. The molecule has 88 valence electrons. The molecule has 0 heterocycles. The molecule has 0 rings (SSSR count). The number of rotatable bonds is 0. The van der Waals surface area contributed by atoms with Crippen LogP contribution in [0.1, 0.15) is 1.43 Å². The predicted octanol–water partition coefficient (Wildman–Crippen LogP) is -14.5. The maximum Gasteiger partial charge on any atom is 1.00 e. The van der Waals surface area contributed by atoms with Gasteiger partial charge in [-0.3, -0.25) is 0 Å². The van der Waals surface area contributed by atoms with Crippen molar-refractivity contribution in [1.82, 2.24) is 0 Å². The van der Waals surface area contributed by atoms with Crippen LogP contribution in [-0.2, 0) is 4.57 Å². The minimum absolute atomic E-state index is 0. The summed E-state index contributed by atoms with van der Waals surface area (Å²) in [6, 6.07) is 0. The summed E-state index contributed by atoms with van der Waals surface area (Å²) in [4.78, 5) is 25.6. The Morgan fingerprint density at radius 3 is 0.643 bits per heavy atom. The van der Waals surface area contributed by atoms with Crippen LogP contribution in [0.3, 0.4) is 0 Å². The van der Waals surface area contributed by atoms with Gasteiger partial charge in [0.15, 0.2) is 0 Å². The summed E-state index contributed by atoms with van der Waals surface area (Å²) in [6.45, 7) is 0. The Morgan fingerprint density at radius 2 is 0.643 bits per heavy atom. The van der Waals surface area contributed by atoms with Crippen LogP contribution >= 0.6 is 7.82 Å². The van der Waals surface area contributed by atoms with Crippen molar-refractivity contribution in [1.29, 1.82) is 0 Å². The largest absolute Gasteiger partial charge is 1.00 e. The van der Waals surface area contributed by atoms with Crippen LogP contribution in [-0.4, -0.2) is 38.3 Å². The van der Waals surface area contributed by atoms with Crippen LogP contribution in [0.5, 0.6) is 0 Å². The average molecular weight is 268 g/mol. The van der Waals surface area contributed by atoms with Crippen molar-refractivity contribution in [2.24, 2.45) is 0 Å². The average Bonchev–Trinajstić information content (AvgIpc) is 0.722. The third kappa shape index (κ3) is 680. The molecule has 0 aromatic carbocycles. The third-order valence-corrected chi connectivity index (χ3v) is 0. The minimum atomic E-state index is -5.39. The van der Waals surface area contributed by atoms with Crippen LogP contribution in [0.25, 0.3) is 0 Å². The van der Waals surface area contributed by atoms with Crippen LogP contribution in [0.15, 0.2) is 0 Å². The smallest absolute Gasteiger partial charge is 0.822 e. The fraction of sp³-hybridized carbons (Fsp3) is 0. The quantitative estimate of drug-likeness (QED) is 0.304. The summed E-state index contributed by atoms with van der Waals surface area (Å²) in [7, 11) is -5.39. The van der Waals surface area contributed by atoms with Gasteiger partial charge in [-0.2, -0.15) is 7.82 Å². The van der Waals surface area contributed by atoms with Crippen molar-refractivity contribution in [2.75, 3.05) is 0 Å². The van der Waals surface area contributed by atoms with Crippen LogP contribution in [0.4, 0.5) is 0 Å². The Hall–Kier alpha value is 1.83. The van der Waals surface area contributed by atoms with Gasteiger partial charge in [0.2, 0.25) is 0 Å². The zero-order valence-electron chi connectivity index (χ0n) is 8.58. The Morgan fingerprint density at radius 1 is 0.643 bits per heavy atom. The topological polar surface area (TPSA) is 307 Å². The van der Waals surface area contributed by atoms with Crippen molar-refractivity contribution in [3.05, 3.63) is 0 Å². The molecule has 0 unspecified atom stereocenters. The normalized spacial score (nSPS) is 4.21. The van der Waals surface area contributed by atoms with E-state index in [1.54, 1.807) is 0 Å². The molecule has 0 atom stereocenters. The maximum absolute atomic E-state index is 8.55. The molecule has 14 heavy (non-hydrogen) atoms. The van der Waals surface area contributed by atoms with Crippen LogP contribution < -0.4 is 73.8 Å². The van der Waals surface area contributed by atoms with Gasteiger partial charge in [0.05, 0.1) is 0 Å². The molecule has 0 amide bonds. The summed E-state index contributed by atoms with van der Waals surface area (Å²) in [6.07, 6.45) is 0. The molecular weight excluding hydrogens is 253 g/mol. The van der Waals surface area contributed by atoms with E-state index in [1.807, 2.05) is 0 Å². The summed E-state index contributed by atoms with van der Waals surface area (Å²) in [5.41, 5.74) is 0. The van der Waals surface area contributed by atoms with Crippen molar-refractivity contribution >= 4 is 7.82 Å². The Kier molecular flexibility index (Phi) is 339. The van der Waals surface area contributed by atoms with Gasteiger partial charge in [-0.25, -0.2) is 0 Å². The number of hydrogen-bond acceptors (Lipinski definition) is 4. The monoisotopic (exact) mass is 268 g/mol. The molecule has 14 N–H and O–H groups in total. The Bertz CT molecular complexity index is 64.7. The summed E-state index contributed by atoms with van der Waals surface area (Å²) < 4.78 is 8.55. The zero-order valence-corrected chi connectivity index (χ0v) is 12.5. The van der Waals surface area contributed by atoms with Gasteiger partial charge in [-0.1, -0.05) is 0 Å². The first-order valence-electron chi connectivity index (χ1n) is 0.730. The molecule has 0 radical (unpaired) electrons. The van der Waals surface area contributed by atoms with Gasteiger partial charge in [-0.15, -0.1) is 0 Å². The molecule has 0 fully saturated rings. The summed E-state index contributed by atoms with van der Waals surface area (Å²) >= 11 is 0. The minimum Gasteiger partial charge on any atom is -0.822 e. The molecule has 0 saturated heterocycles.